The molecular weight excluding hydrogens is 338 g/mol. The molecule has 2 aliphatic rings. The van der Waals surface area contributed by atoms with E-state index >= 15 is 0 Å². The highest BCUT2D eigenvalue weighted by atomic mass is 16.6. The first-order valence-electron chi connectivity index (χ1n) is 8.85. The SMILES string of the molecule is CCOc1cc(/C=N/NC(=O)C2C3CCCCC32C)cc([N+](=O)[O-])c1O. The summed E-state index contributed by atoms with van der Waals surface area (Å²) < 4.78 is 5.22. The van der Waals surface area contributed by atoms with E-state index in [0.717, 1.165) is 19.3 Å². The number of aromatic hydroxyl groups is 1. The summed E-state index contributed by atoms with van der Waals surface area (Å²) in [6, 6.07) is 2.63. The smallest absolute Gasteiger partial charge is 0.315 e. The van der Waals surface area contributed by atoms with Crippen molar-refractivity contribution in [3.05, 3.63) is 27.8 Å². The summed E-state index contributed by atoms with van der Waals surface area (Å²) in [4.78, 5) is 22.7. The average molecular weight is 361 g/mol. The van der Waals surface area contributed by atoms with E-state index < -0.39 is 16.4 Å². The molecule has 0 spiro atoms. The summed E-state index contributed by atoms with van der Waals surface area (Å²) in [7, 11) is 0. The Bertz CT molecular complexity index is 763. The van der Waals surface area contributed by atoms with Crippen molar-refractivity contribution in [3.63, 3.8) is 0 Å². The second-order valence-corrected chi connectivity index (χ2v) is 7.15. The molecule has 0 radical (unpaired) electrons. The van der Waals surface area contributed by atoms with E-state index in [1.165, 1.54) is 24.8 Å². The molecule has 0 aromatic heterocycles. The Morgan fingerprint density at radius 1 is 1.54 bits per heavy atom. The summed E-state index contributed by atoms with van der Waals surface area (Å²) >= 11 is 0. The van der Waals surface area contributed by atoms with Crippen LogP contribution in [0.3, 0.4) is 0 Å². The van der Waals surface area contributed by atoms with E-state index in [1.807, 2.05) is 0 Å². The number of ether oxygens (including phenoxy) is 1. The fourth-order valence-corrected chi connectivity index (χ4v) is 4.18. The predicted molar refractivity (Wildman–Crippen MR) is 95.2 cm³/mol. The van der Waals surface area contributed by atoms with Crippen molar-refractivity contribution in [2.45, 2.75) is 39.5 Å². The van der Waals surface area contributed by atoms with Gasteiger partial charge in [0, 0.05) is 17.5 Å². The monoisotopic (exact) mass is 361 g/mol. The van der Waals surface area contributed by atoms with Gasteiger partial charge >= 0.3 is 5.69 Å². The number of phenolic OH excluding ortho intramolecular Hbond substituents is 1. The molecule has 8 nitrogen and oxygen atoms in total. The highest BCUT2D eigenvalue weighted by molar-refractivity contribution is 5.87. The van der Waals surface area contributed by atoms with Crippen LogP contribution in [0.4, 0.5) is 5.69 Å². The van der Waals surface area contributed by atoms with Gasteiger partial charge in [0.25, 0.3) is 0 Å². The van der Waals surface area contributed by atoms with E-state index in [-0.39, 0.29) is 29.6 Å². The van der Waals surface area contributed by atoms with E-state index in [9.17, 15) is 20.0 Å². The highest BCUT2D eigenvalue weighted by Gasteiger charge is 2.64. The molecule has 8 heteroatoms. The average Bonchev–Trinajstić information content (AvgIpc) is 3.23. The minimum Gasteiger partial charge on any atom is -0.500 e. The molecule has 1 amide bonds. The summed E-state index contributed by atoms with van der Waals surface area (Å²) in [6.45, 7) is 4.12. The van der Waals surface area contributed by atoms with Crippen molar-refractivity contribution < 1.29 is 19.6 Å². The minimum atomic E-state index is -0.691. The van der Waals surface area contributed by atoms with Gasteiger partial charge in [0.15, 0.2) is 5.75 Å². The van der Waals surface area contributed by atoms with Gasteiger partial charge in [0.2, 0.25) is 11.7 Å². The van der Waals surface area contributed by atoms with Crippen LogP contribution >= 0.6 is 0 Å². The minimum absolute atomic E-state index is 0.00436. The van der Waals surface area contributed by atoms with Crippen LogP contribution in [0.2, 0.25) is 0 Å². The first-order chi connectivity index (χ1) is 12.4. The highest BCUT2D eigenvalue weighted by Crippen LogP contribution is 2.66. The van der Waals surface area contributed by atoms with E-state index in [2.05, 4.69) is 17.5 Å². The molecular formula is C18H23N3O5. The fraction of sp³-hybridized carbons (Fsp3) is 0.556. The van der Waals surface area contributed by atoms with Crippen LogP contribution < -0.4 is 10.2 Å². The number of rotatable bonds is 6. The number of hydrogen-bond donors (Lipinski definition) is 2. The Hall–Kier alpha value is -2.64. The Balaban J connectivity index is 1.70. The number of nitro benzene ring substituents is 1. The summed E-state index contributed by atoms with van der Waals surface area (Å²) in [5.74, 6) is -0.182. The number of hydrazone groups is 1. The quantitative estimate of drug-likeness (QED) is 0.459. The lowest BCUT2D eigenvalue weighted by atomic mass is 9.90. The molecule has 2 aliphatic carbocycles. The molecule has 3 rings (SSSR count). The zero-order valence-electron chi connectivity index (χ0n) is 14.9. The molecule has 2 N–H and O–H groups in total. The van der Waals surface area contributed by atoms with Gasteiger partial charge in [0.05, 0.1) is 17.7 Å². The van der Waals surface area contributed by atoms with Gasteiger partial charge in [-0.25, -0.2) is 5.43 Å². The lowest BCUT2D eigenvalue weighted by Crippen LogP contribution is -2.22. The Kier molecular flexibility index (Phi) is 4.84. The second kappa shape index (κ2) is 6.93. The number of amides is 1. The molecule has 0 bridgehead atoms. The van der Waals surface area contributed by atoms with Crippen molar-refractivity contribution in [1.29, 1.82) is 0 Å². The van der Waals surface area contributed by atoms with Crippen LogP contribution in [-0.4, -0.2) is 28.8 Å². The van der Waals surface area contributed by atoms with Crippen LogP contribution in [0, 0.1) is 27.4 Å². The number of nitro groups is 1. The molecule has 0 aliphatic heterocycles. The largest absolute Gasteiger partial charge is 0.500 e. The fourth-order valence-electron chi connectivity index (χ4n) is 4.18. The van der Waals surface area contributed by atoms with E-state index in [4.69, 9.17) is 4.74 Å². The van der Waals surface area contributed by atoms with Crippen molar-refractivity contribution in [2.75, 3.05) is 6.61 Å². The molecule has 2 fully saturated rings. The molecule has 3 unspecified atom stereocenters. The Morgan fingerprint density at radius 2 is 2.31 bits per heavy atom. The van der Waals surface area contributed by atoms with Crippen molar-refractivity contribution in [3.8, 4) is 11.5 Å². The predicted octanol–water partition coefficient (Wildman–Crippen LogP) is 2.98. The van der Waals surface area contributed by atoms with Crippen molar-refractivity contribution in [1.82, 2.24) is 5.43 Å². The van der Waals surface area contributed by atoms with Gasteiger partial charge in [-0.15, -0.1) is 0 Å². The van der Waals surface area contributed by atoms with Crippen LogP contribution in [0.25, 0.3) is 0 Å². The zero-order chi connectivity index (χ0) is 18.9. The molecule has 1 aromatic rings. The van der Waals surface area contributed by atoms with Gasteiger partial charge in [-0.1, -0.05) is 19.8 Å². The number of nitrogens with one attached hydrogen (secondary N) is 1. The van der Waals surface area contributed by atoms with Crippen LogP contribution in [0.15, 0.2) is 17.2 Å². The van der Waals surface area contributed by atoms with E-state index in [1.54, 1.807) is 6.92 Å². The molecule has 26 heavy (non-hydrogen) atoms. The third kappa shape index (κ3) is 3.23. The third-order valence-corrected chi connectivity index (χ3v) is 5.58. The number of hydrogen-bond acceptors (Lipinski definition) is 6. The van der Waals surface area contributed by atoms with Gasteiger partial charge in [-0.2, -0.15) is 5.10 Å². The van der Waals surface area contributed by atoms with E-state index in [0.29, 0.717) is 11.5 Å². The molecule has 0 saturated heterocycles. The summed E-state index contributed by atoms with van der Waals surface area (Å²) in [6.07, 6.45) is 5.81. The maximum atomic E-state index is 12.4. The van der Waals surface area contributed by atoms with Gasteiger partial charge < -0.3 is 9.84 Å². The van der Waals surface area contributed by atoms with Crippen LogP contribution in [-0.2, 0) is 4.79 Å². The third-order valence-electron chi connectivity index (χ3n) is 5.58. The van der Waals surface area contributed by atoms with Gasteiger partial charge in [-0.3, -0.25) is 14.9 Å². The number of carbonyl (C=O) groups is 1. The molecule has 3 atom stereocenters. The second-order valence-electron chi connectivity index (χ2n) is 7.15. The van der Waals surface area contributed by atoms with Crippen LogP contribution in [0.1, 0.15) is 45.1 Å². The molecule has 140 valence electrons. The maximum absolute atomic E-state index is 12.4. The maximum Gasteiger partial charge on any atom is 0.315 e. The molecule has 2 saturated carbocycles. The topological polar surface area (TPSA) is 114 Å². The van der Waals surface area contributed by atoms with Crippen molar-refractivity contribution >= 4 is 17.8 Å². The normalized spacial score (nSPS) is 27.0. The van der Waals surface area contributed by atoms with Crippen LogP contribution in [0.5, 0.6) is 11.5 Å². The first kappa shape index (κ1) is 18.2. The van der Waals surface area contributed by atoms with Crippen molar-refractivity contribution in [2.24, 2.45) is 22.4 Å². The Labute approximate surface area is 151 Å². The molecule has 1 aromatic carbocycles. The number of phenols is 1. The number of nitrogens with zero attached hydrogens (tertiary/aromatic N) is 2. The number of carbonyl (C=O) groups excluding carboxylic acids is 1. The summed E-state index contributed by atoms with van der Waals surface area (Å²) in [5.41, 5.74) is 2.53. The zero-order valence-corrected chi connectivity index (χ0v) is 14.9. The lowest BCUT2D eigenvalue weighted by Gasteiger charge is -2.15. The van der Waals surface area contributed by atoms with Gasteiger partial charge in [0.1, 0.15) is 0 Å². The Morgan fingerprint density at radius 3 is 2.92 bits per heavy atom. The lowest BCUT2D eigenvalue weighted by molar-refractivity contribution is -0.386. The summed E-state index contributed by atoms with van der Waals surface area (Å²) in [5, 5.41) is 24.9. The first-order valence-corrected chi connectivity index (χ1v) is 8.85. The molecule has 0 heterocycles. The van der Waals surface area contributed by atoms with Gasteiger partial charge in [-0.05, 0) is 37.2 Å². The number of fused-ring (bicyclic) bond motifs is 1. The standard InChI is InChI=1S/C18H23N3O5/c1-3-26-14-9-11(8-13(16(14)22)21(24)25)10-19-20-17(23)15-12-6-4-5-7-18(12,15)2/h8-10,12,15,22H,3-7H2,1-2H3,(H,20,23)/b19-10+. The number of benzene rings is 1.